The second kappa shape index (κ2) is 7.65. The molecule has 0 spiro atoms. The highest BCUT2D eigenvalue weighted by molar-refractivity contribution is 5.80. The Bertz CT molecular complexity index is 289. The van der Waals surface area contributed by atoms with Crippen LogP contribution in [-0.4, -0.2) is 23.0 Å². The zero-order chi connectivity index (χ0) is 13.4. The summed E-state index contributed by atoms with van der Waals surface area (Å²) in [5.41, 5.74) is 0. The lowest BCUT2D eigenvalue weighted by Crippen LogP contribution is -2.42. The smallest absolute Gasteiger partial charge is 0.308 e. The fraction of sp³-hybridized carbons (Fsp3) is 0.538. The predicted molar refractivity (Wildman–Crippen MR) is 67.5 cm³/mol. The van der Waals surface area contributed by atoms with Gasteiger partial charge >= 0.3 is 5.97 Å². The van der Waals surface area contributed by atoms with Gasteiger partial charge in [0, 0.05) is 12.0 Å². The first-order valence-electron chi connectivity index (χ1n) is 5.69. The molecule has 4 nitrogen and oxygen atoms in total. The van der Waals surface area contributed by atoms with E-state index in [0.29, 0.717) is 12.8 Å². The topological polar surface area (TPSA) is 66.4 Å². The number of hydrogen-bond donors (Lipinski definition) is 2. The molecule has 0 aromatic rings. The van der Waals surface area contributed by atoms with Gasteiger partial charge in [0.1, 0.15) is 0 Å². The van der Waals surface area contributed by atoms with Crippen molar-refractivity contribution in [1.29, 1.82) is 0 Å². The molecule has 96 valence electrons. The second-order valence-corrected chi connectivity index (χ2v) is 4.17. The molecule has 0 aromatic heterocycles. The van der Waals surface area contributed by atoms with E-state index >= 15 is 0 Å². The predicted octanol–water partition coefficient (Wildman–Crippen LogP) is 1.98. The first kappa shape index (κ1) is 15.4. The molecule has 17 heavy (non-hydrogen) atoms. The number of carboxylic acids is 1. The van der Waals surface area contributed by atoms with Crippen molar-refractivity contribution in [2.24, 2.45) is 11.8 Å². The van der Waals surface area contributed by atoms with E-state index in [0.717, 1.165) is 0 Å². The van der Waals surface area contributed by atoms with Crippen LogP contribution in [0.4, 0.5) is 0 Å². The van der Waals surface area contributed by atoms with E-state index in [1.54, 1.807) is 26.0 Å². The van der Waals surface area contributed by atoms with Crippen molar-refractivity contribution in [1.82, 2.24) is 5.32 Å². The monoisotopic (exact) mass is 239 g/mol. The number of hydrogen-bond acceptors (Lipinski definition) is 2. The van der Waals surface area contributed by atoms with E-state index in [9.17, 15) is 9.59 Å². The maximum atomic E-state index is 11.9. The Morgan fingerprint density at radius 2 is 1.71 bits per heavy atom. The van der Waals surface area contributed by atoms with Gasteiger partial charge in [-0.2, -0.15) is 0 Å². The Labute approximate surface area is 102 Å². The lowest BCUT2D eigenvalue weighted by atomic mass is 9.98. The van der Waals surface area contributed by atoms with Crippen LogP contribution in [-0.2, 0) is 9.59 Å². The lowest BCUT2D eigenvalue weighted by molar-refractivity contribution is -0.142. The molecule has 4 heteroatoms. The summed E-state index contributed by atoms with van der Waals surface area (Å²) in [6.45, 7) is 10.5. The summed E-state index contributed by atoms with van der Waals surface area (Å²) in [5.74, 6) is -1.88. The van der Waals surface area contributed by atoms with E-state index in [1.807, 2.05) is 0 Å². The molecule has 0 aromatic carbocycles. The van der Waals surface area contributed by atoms with Gasteiger partial charge in [-0.3, -0.25) is 9.59 Å². The highest BCUT2D eigenvalue weighted by atomic mass is 16.4. The minimum atomic E-state index is -0.915. The number of amides is 1. The number of allylic oxidation sites excluding steroid dienone is 2. The fourth-order valence-corrected chi connectivity index (χ4v) is 1.39. The molecule has 0 heterocycles. The Morgan fingerprint density at radius 1 is 1.24 bits per heavy atom. The summed E-state index contributed by atoms with van der Waals surface area (Å²) in [4.78, 5) is 22.6. The van der Waals surface area contributed by atoms with Crippen molar-refractivity contribution in [3.63, 3.8) is 0 Å². The van der Waals surface area contributed by atoms with E-state index in [4.69, 9.17) is 5.11 Å². The van der Waals surface area contributed by atoms with Crippen LogP contribution in [0.3, 0.4) is 0 Å². The second-order valence-electron chi connectivity index (χ2n) is 4.17. The number of carbonyl (C=O) groups is 2. The van der Waals surface area contributed by atoms with Gasteiger partial charge in [0.15, 0.2) is 0 Å². The highest BCUT2D eigenvalue weighted by Gasteiger charge is 2.23. The molecule has 0 bridgehead atoms. The highest BCUT2D eigenvalue weighted by Crippen LogP contribution is 2.12. The normalized spacial score (nSPS) is 13.8. The average Bonchev–Trinajstić information content (AvgIpc) is 2.27. The van der Waals surface area contributed by atoms with E-state index < -0.39 is 17.9 Å². The molecule has 0 saturated carbocycles. The molecule has 2 unspecified atom stereocenters. The number of rotatable bonds is 8. The van der Waals surface area contributed by atoms with Gasteiger partial charge in [0.05, 0.1) is 5.92 Å². The third-order valence-corrected chi connectivity index (χ3v) is 2.78. The standard InChI is InChI=1S/C13H21NO3/c1-5-7-11(8-6-2)12(15)14-10(4)9(3)13(16)17/h5-6,9-11H,1-2,7-8H2,3-4H3,(H,14,15)(H,16,17). The SMILES string of the molecule is C=CCC(CC=C)C(=O)NC(C)C(C)C(=O)O. The van der Waals surface area contributed by atoms with Crippen LogP contribution in [0.1, 0.15) is 26.7 Å². The lowest BCUT2D eigenvalue weighted by Gasteiger charge is -2.21. The van der Waals surface area contributed by atoms with Crippen LogP contribution in [0, 0.1) is 11.8 Å². The third-order valence-electron chi connectivity index (χ3n) is 2.78. The van der Waals surface area contributed by atoms with Gasteiger partial charge in [0.25, 0.3) is 0 Å². The molecular weight excluding hydrogens is 218 g/mol. The van der Waals surface area contributed by atoms with E-state index in [1.165, 1.54) is 0 Å². The van der Waals surface area contributed by atoms with Gasteiger partial charge in [-0.25, -0.2) is 0 Å². The largest absolute Gasteiger partial charge is 0.481 e. The molecule has 1 amide bonds. The summed E-state index contributed by atoms with van der Waals surface area (Å²) >= 11 is 0. The van der Waals surface area contributed by atoms with Crippen molar-refractivity contribution < 1.29 is 14.7 Å². The first-order valence-corrected chi connectivity index (χ1v) is 5.69. The van der Waals surface area contributed by atoms with Crippen molar-refractivity contribution in [2.75, 3.05) is 0 Å². The minimum Gasteiger partial charge on any atom is -0.481 e. The third kappa shape index (κ3) is 5.33. The van der Waals surface area contributed by atoms with Gasteiger partial charge in [-0.05, 0) is 26.7 Å². The average molecular weight is 239 g/mol. The molecule has 2 atom stereocenters. The van der Waals surface area contributed by atoms with Crippen molar-refractivity contribution in [3.8, 4) is 0 Å². The number of aliphatic carboxylic acids is 1. The quantitative estimate of drug-likeness (QED) is 0.636. The maximum absolute atomic E-state index is 11.9. The van der Waals surface area contributed by atoms with Crippen molar-refractivity contribution in [2.45, 2.75) is 32.7 Å². The first-order chi connectivity index (χ1) is 7.93. The Balaban J connectivity index is 4.43. The summed E-state index contributed by atoms with van der Waals surface area (Å²) in [6.07, 6.45) is 4.48. The van der Waals surface area contributed by atoms with Crippen LogP contribution in [0.25, 0.3) is 0 Å². The van der Waals surface area contributed by atoms with E-state index in [-0.39, 0.29) is 11.8 Å². The summed E-state index contributed by atoms with van der Waals surface area (Å²) in [5, 5.41) is 11.5. The van der Waals surface area contributed by atoms with Gasteiger partial charge in [-0.15, -0.1) is 13.2 Å². The minimum absolute atomic E-state index is 0.148. The molecular formula is C13H21NO3. The van der Waals surface area contributed by atoms with E-state index in [2.05, 4.69) is 18.5 Å². The molecule has 2 N–H and O–H groups in total. The number of carbonyl (C=O) groups excluding carboxylic acids is 1. The van der Waals surface area contributed by atoms with Crippen LogP contribution >= 0.6 is 0 Å². The molecule has 0 aliphatic rings. The summed E-state index contributed by atoms with van der Waals surface area (Å²) in [6, 6.07) is -0.392. The molecule has 0 rings (SSSR count). The molecule has 0 fully saturated rings. The Kier molecular flexibility index (Phi) is 6.94. The molecule has 0 aliphatic heterocycles. The Morgan fingerprint density at radius 3 is 2.06 bits per heavy atom. The van der Waals surface area contributed by atoms with Gasteiger partial charge in [-0.1, -0.05) is 12.2 Å². The fourth-order valence-electron chi connectivity index (χ4n) is 1.39. The zero-order valence-electron chi connectivity index (χ0n) is 10.5. The van der Waals surface area contributed by atoms with Gasteiger partial charge in [0.2, 0.25) is 5.91 Å². The molecule has 0 saturated heterocycles. The maximum Gasteiger partial charge on any atom is 0.308 e. The van der Waals surface area contributed by atoms with Crippen LogP contribution in [0.5, 0.6) is 0 Å². The summed E-state index contributed by atoms with van der Waals surface area (Å²) < 4.78 is 0. The van der Waals surface area contributed by atoms with Crippen LogP contribution in [0.2, 0.25) is 0 Å². The Hall–Kier alpha value is -1.58. The van der Waals surface area contributed by atoms with Crippen molar-refractivity contribution >= 4 is 11.9 Å². The number of nitrogens with one attached hydrogen (secondary N) is 1. The number of carboxylic acid groups (broad SMARTS) is 1. The zero-order valence-corrected chi connectivity index (χ0v) is 10.5. The molecule has 0 radical (unpaired) electrons. The summed E-state index contributed by atoms with van der Waals surface area (Å²) in [7, 11) is 0. The van der Waals surface area contributed by atoms with Crippen LogP contribution in [0.15, 0.2) is 25.3 Å². The van der Waals surface area contributed by atoms with Crippen molar-refractivity contribution in [3.05, 3.63) is 25.3 Å². The van der Waals surface area contributed by atoms with Gasteiger partial charge < -0.3 is 10.4 Å². The van der Waals surface area contributed by atoms with Crippen LogP contribution < -0.4 is 5.32 Å². The molecule has 0 aliphatic carbocycles.